The minimum atomic E-state index is 0.250. The molecule has 0 aliphatic carbocycles. The minimum Gasteiger partial charge on any atom is -0.395 e. The lowest BCUT2D eigenvalue weighted by molar-refractivity contribution is 0.233. The molecular weight excluding hydrogens is 238 g/mol. The molecule has 0 aliphatic rings. The summed E-state index contributed by atoms with van der Waals surface area (Å²) in [6, 6.07) is 0.754. The Kier molecular flexibility index (Phi) is 11.2. The molecule has 16 heavy (non-hydrogen) atoms. The lowest BCUT2D eigenvalue weighted by Crippen LogP contribution is -2.40. The van der Waals surface area contributed by atoms with Gasteiger partial charge in [0.15, 0.2) is 0 Å². The molecule has 0 saturated carbocycles. The second kappa shape index (κ2) is 10.8. The lowest BCUT2D eigenvalue weighted by atomic mass is 10.2. The average Bonchev–Trinajstić information content (AvgIpc) is 2.23. The molecule has 2 atom stereocenters. The summed E-state index contributed by atoms with van der Waals surface area (Å²) in [5.74, 6) is 4.24. The standard InChI is InChI=1S/C12H27NOS2/c1-10(2)8-16-9-11(3)13-12(7-14)5-6-15-4/h10-14H,5-9H2,1-4H3. The van der Waals surface area contributed by atoms with Crippen molar-refractivity contribution in [2.45, 2.75) is 39.3 Å². The van der Waals surface area contributed by atoms with Crippen LogP contribution in [0.3, 0.4) is 0 Å². The van der Waals surface area contributed by atoms with Crippen molar-refractivity contribution < 1.29 is 5.11 Å². The fraction of sp³-hybridized carbons (Fsp3) is 1.00. The van der Waals surface area contributed by atoms with E-state index in [-0.39, 0.29) is 12.6 Å². The van der Waals surface area contributed by atoms with Crippen molar-refractivity contribution in [1.82, 2.24) is 5.32 Å². The van der Waals surface area contributed by atoms with E-state index in [9.17, 15) is 5.11 Å². The van der Waals surface area contributed by atoms with Gasteiger partial charge in [0.25, 0.3) is 0 Å². The number of rotatable bonds is 10. The van der Waals surface area contributed by atoms with Crippen LogP contribution in [0.25, 0.3) is 0 Å². The molecule has 0 saturated heterocycles. The number of hydrogen-bond acceptors (Lipinski definition) is 4. The van der Waals surface area contributed by atoms with E-state index in [1.165, 1.54) is 5.75 Å². The molecule has 2 nitrogen and oxygen atoms in total. The van der Waals surface area contributed by atoms with Crippen LogP contribution in [0.15, 0.2) is 0 Å². The first-order valence-electron chi connectivity index (χ1n) is 6.03. The van der Waals surface area contributed by atoms with Gasteiger partial charge in [0.2, 0.25) is 0 Å². The molecular formula is C12H27NOS2. The number of hydrogen-bond donors (Lipinski definition) is 2. The zero-order valence-electron chi connectivity index (χ0n) is 11.0. The van der Waals surface area contributed by atoms with Gasteiger partial charge in [-0.15, -0.1) is 0 Å². The van der Waals surface area contributed by atoms with E-state index in [1.807, 2.05) is 23.5 Å². The Balaban J connectivity index is 3.60. The van der Waals surface area contributed by atoms with Gasteiger partial charge in [0, 0.05) is 17.8 Å². The van der Waals surface area contributed by atoms with Crippen molar-refractivity contribution >= 4 is 23.5 Å². The Bertz CT molecular complexity index is 156. The molecule has 0 aliphatic heterocycles. The summed E-state index contributed by atoms with van der Waals surface area (Å²) in [4.78, 5) is 0. The highest BCUT2D eigenvalue weighted by Gasteiger charge is 2.10. The molecule has 0 aromatic heterocycles. The maximum atomic E-state index is 9.24. The number of nitrogens with one attached hydrogen (secondary N) is 1. The van der Waals surface area contributed by atoms with E-state index >= 15 is 0 Å². The Morgan fingerprint density at radius 2 is 1.88 bits per heavy atom. The van der Waals surface area contributed by atoms with Crippen LogP contribution in [-0.2, 0) is 0 Å². The molecule has 0 spiro atoms. The van der Waals surface area contributed by atoms with Gasteiger partial charge in [-0.2, -0.15) is 23.5 Å². The Hall–Kier alpha value is 0.620. The van der Waals surface area contributed by atoms with Crippen molar-refractivity contribution in [3.63, 3.8) is 0 Å². The van der Waals surface area contributed by atoms with Crippen LogP contribution in [0, 0.1) is 5.92 Å². The van der Waals surface area contributed by atoms with Gasteiger partial charge in [0.05, 0.1) is 6.61 Å². The third kappa shape index (κ3) is 9.82. The molecule has 98 valence electrons. The highest BCUT2D eigenvalue weighted by Crippen LogP contribution is 2.10. The van der Waals surface area contributed by atoms with Gasteiger partial charge in [-0.05, 0) is 37.0 Å². The van der Waals surface area contributed by atoms with Crippen molar-refractivity contribution in [2.75, 3.05) is 30.1 Å². The van der Waals surface area contributed by atoms with Crippen LogP contribution in [0.2, 0.25) is 0 Å². The summed E-state index contributed by atoms with van der Waals surface area (Å²) in [7, 11) is 0. The normalized spacial score (nSPS) is 15.4. The first kappa shape index (κ1) is 16.6. The summed E-state index contributed by atoms with van der Waals surface area (Å²) in [5, 5.41) is 12.7. The summed E-state index contributed by atoms with van der Waals surface area (Å²) in [5.41, 5.74) is 0. The zero-order valence-corrected chi connectivity index (χ0v) is 12.7. The first-order valence-corrected chi connectivity index (χ1v) is 8.58. The average molecular weight is 265 g/mol. The van der Waals surface area contributed by atoms with Crippen LogP contribution in [0.4, 0.5) is 0 Å². The van der Waals surface area contributed by atoms with Gasteiger partial charge < -0.3 is 10.4 Å². The van der Waals surface area contributed by atoms with Gasteiger partial charge in [-0.25, -0.2) is 0 Å². The van der Waals surface area contributed by atoms with Crippen molar-refractivity contribution in [2.24, 2.45) is 5.92 Å². The van der Waals surface area contributed by atoms with Crippen LogP contribution < -0.4 is 5.32 Å². The lowest BCUT2D eigenvalue weighted by Gasteiger charge is -2.21. The molecule has 0 aromatic carbocycles. The predicted octanol–water partition coefficient (Wildman–Crippen LogP) is 2.47. The number of aliphatic hydroxyl groups is 1. The summed E-state index contributed by atoms with van der Waals surface area (Å²) >= 11 is 3.83. The van der Waals surface area contributed by atoms with Gasteiger partial charge in [0.1, 0.15) is 0 Å². The summed E-state index contributed by atoms with van der Waals surface area (Å²) < 4.78 is 0. The van der Waals surface area contributed by atoms with Crippen molar-refractivity contribution in [1.29, 1.82) is 0 Å². The molecule has 0 aromatic rings. The molecule has 2 unspecified atom stereocenters. The van der Waals surface area contributed by atoms with E-state index in [0.717, 1.165) is 23.8 Å². The summed E-state index contributed by atoms with van der Waals surface area (Å²) in [6.07, 6.45) is 3.16. The highest BCUT2D eigenvalue weighted by atomic mass is 32.2. The molecule has 0 heterocycles. The van der Waals surface area contributed by atoms with Crippen molar-refractivity contribution in [3.05, 3.63) is 0 Å². The second-order valence-electron chi connectivity index (χ2n) is 4.66. The van der Waals surface area contributed by atoms with Crippen LogP contribution in [0.1, 0.15) is 27.2 Å². The van der Waals surface area contributed by atoms with E-state index in [2.05, 4.69) is 32.3 Å². The van der Waals surface area contributed by atoms with Gasteiger partial charge in [-0.1, -0.05) is 13.8 Å². The zero-order chi connectivity index (χ0) is 12.4. The third-order valence-corrected chi connectivity index (χ3v) is 4.51. The maximum Gasteiger partial charge on any atom is 0.0585 e. The van der Waals surface area contributed by atoms with Gasteiger partial charge >= 0.3 is 0 Å². The Labute approximate surface area is 109 Å². The van der Waals surface area contributed by atoms with Crippen LogP contribution in [0.5, 0.6) is 0 Å². The van der Waals surface area contributed by atoms with E-state index in [4.69, 9.17) is 0 Å². The molecule has 0 rings (SSSR count). The van der Waals surface area contributed by atoms with Crippen molar-refractivity contribution in [3.8, 4) is 0 Å². The van der Waals surface area contributed by atoms with E-state index in [0.29, 0.717) is 6.04 Å². The topological polar surface area (TPSA) is 32.3 Å². The molecule has 0 amide bonds. The van der Waals surface area contributed by atoms with E-state index < -0.39 is 0 Å². The fourth-order valence-corrected chi connectivity index (χ4v) is 3.00. The Morgan fingerprint density at radius 1 is 1.19 bits per heavy atom. The second-order valence-corrected chi connectivity index (χ2v) is 6.72. The van der Waals surface area contributed by atoms with Gasteiger partial charge in [-0.3, -0.25) is 0 Å². The quantitative estimate of drug-likeness (QED) is 0.635. The fourth-order valence-electron chi connectivity index (χ4n) is 1.42. The Morgan fingerprint density at radius 3 is 2.38 bits per heavy atom. The third-order valence-electron chi connectivity index (χ3n) is 2.23. The maximum absolute atomic E-state index is 9.24. The molecule has 0 bridgehead atoms. The number of thioether (sulfide) groups is 2. The predicted molar refractivity (Wildman–Crippen MR) is 78.6 cm³/mol. The van der Waals surface area contributed by atoms with Crippen LogP contribution in [-0.4, -0.2) is 47.3 Å². The first-order chi connectivity index (χ1) is 7.60. The largest absolute Gasteiger partial charge is 0.395 e. The monoisotopic (exact) mass is 265 g/mol. The SMILES string of the molecule is CSCCC(CO)NC(C)CSCC(C)C. The highest BCUT2D eigenvalue weighted by molar-refractivity contribution is 7.99. The molecule has 0 fully saturated rings. The van der Waals surface area contributed by atoms with E-state index in [1.54, 1.807) is 0 Å². The summed E-state index contributed by atoms with van der Waals surface area (Å²) in [6.45, 7) is 6.95. The number of aliphatic hydroxyl groups excluding tert-OH is 1. The molecule has 2 N–H and O–H groups in total. The minimum absolute atomic E-state index is 0.250. The smallest absolute Gasteiger partial charge is 0.0585 e. The molecule has 4 heteroatoms. The molecule has 0 radical (unpaired) electrons. The van der Waals surface area contributed by atoms with Crippen LogP contribution >= 0.6 is 23.5 Å².